The van der Waals surface area contributed by atoms with Gasteiger partial charge in [0, 0.05) is 29.7 Å². The number of nitrogens with one attached hydrogen (secondary N) is 1. The predicted molar refractivity (Wildman–Crippen MR) is 112 cm³/mol. The number of allylic oxidation sites excluding steroid dienone is 3. The first kappa shape index (κ1) is 17.7. The van der Waals surface area contributed by atoms with Gasteiger partial charge in [-0.3, -0.25) is 0 Å². The van der Waals surface area contributed by atoms with Gasteiger partial charge >= 0.3 is 0 Å². The molecule has 1 aliphatic heterocycles. The van der Waals surface area contributed by atoms with Crippen LogP contribution in [0.4, 0.5) is 11.4 Å². The van der Waals surface area contributed by atoms with Crippen molar-refractivity contribution in [1.82, 2.24) is 0 Å². The van der Waals surface area contributed by atoms with Crippen LogP contribution in [0.2, 0.25) is 0 Å². The molecular weight excluding hydrogens is 324 g/mol. The molecule has 1 aliphatic rings. The van der Waals surface area contributed by atoms with Gasteiger partial charge in [-0.05, 0) is 43.2 Å². The highest BCUT2D eigenvalue weighted by molar-refractivity contribution is 8.03. The van der Waals surface area contributed by atoms with Crippen molar-refractivity contribution in [2.24, 2.45) is 0 Å². The van der Waals surface area contributed by atoms with Gasteiger partial charge in [-0.15, -0.1) is 0 Å². The highest BCUT2D eigenvalue weighted by Gasteiger charge is 2.24. The molecule has 130 valence electrons. The van der Waals surface area contributed by atoms with Crippen LogP contribution >= 0.6 is 11.8 Å². The summed E-state index contributed by atoms with van der Waals surface area (Å²) in [7, 11) is 1.98. The van der Waals surface area contributed by atoms with Gasteiger partial charge in [-0.1, -0.05) is 61.5 Å². The van der Waals surface area contributed by atoms with Crippen LogP contribution in [0.5, 0.6) is 0 Å². The Balaban J connectivity index is 1.98. The van der Waals surface area contributed by atoms with E-state index in [1.165, 1.54) is 39.6 Å². The van der Waals surface area contributed by atoms with Crippen molar-refractivity contribution in [3.63, 3.8) is 0 Å². The molecule has 2 aromatic carbocycles. The molecule has 0 atom stereocenters. The molecule has 0 radical (unpaired) electrons. The molecule has 0 saturated carbocycles. The molecule has 3 heteroatoms. The third-order valence-electron chi connectivity index (χ3n) is 4.47. The van der Waals surface area contributed by atoms with E-state index in [1.807, 2.05) is 18.8 Å². The number of rotatable bonds is 6. The van der Waals surface area contributed by atoms with Crippen molar-refractivity contribution in [2.45, 2.75) is 31.6 Å². The number of para-hydroxylation sites is 2. The van der Waals surface area contributed by atoms with Crippen LogP contribution < -0.4 is 10.2 Å². The van der Waals surface area contributed by atoms with E-state index in [1.54, 1.807) is 0 Å². The van der Waals surface area contributed by atoms with Gasteiger partial charge < -0.3 is 10.2 Å². The van der Waals surface area contributed by atoms with Crippen molar-refractivity contribution in [3.05, 3.63) is 71.3 Å². The Bertz CT molecular complexity index is 792. The zero-order valence-corrected chi connectivity index (χ0v) is 16.1. The minimum absolute atomic E-state index is 1.07. The van der Waals surface area contributed by atoms with Crippen molar-refractivity contribution in [1.29, 1.82) is 0 Å². The summed E-state index contributed by atoms with van der Waals surface area (Å²) >= 11 is 1.87. The molecule has 1 N–H and O–H groups in total. The maximum atomic E-state index is 3.31. The standard InChI is InChI=1S/C22H26N2S/c1-4-6-15-24-20-13-9-10-14-21(20)25-22(24)16-17(5-2)18-11-7-8-12-19(18)23-3/h5,7-14,16,23H,4,6,15H2,1-3H3/b17-5-,22-16-. The first-order chi connectivity index (χ1) is 12.3. The summed E-state index contributed by atoms with van der Waals surface area (Å²) in [6, 6.07) is 17.2. The van der Waals surface area contributed by atoms with Crippen molar-refractivity contribution < 1.29 is 0 Å². The third-order valence-corrected chi connectivity index (χ3v) is 5.58. The lowest BCUT2D eigenvalue weighted by Gasteiger charge is -2.21. The smallest absolute Gasteiger partial charge is 0.0807 e. The van der Waals surface area contributed by atoms with Crippen molar-refractivity contribution in [3.8, 4) is 0 Å². The van der Waals surface area contributed by atoms with E-state index < -0.39 is 0 Å². The van der Waals surface area contributed by atoms with Crippen LogP contribution in [0.3, 0.4) is 0 Å². The molecule has 0 aliphatic carbocycles. The summed E-state index contributed by atoms with van der Waals surface area (Å²) in [5, 5.41) is 4.62. The fraction of sp³-hybridized carbons (Fsp3) is 0.273. The van der Waals surface area contributed by atoms with E-state index in [0.29, 0.717) is 0 Å². The van der Waals surface area contributed by atoms with Gasteiger partial charge in [-0.25, -0.2) is 0 Å². The number of hydrogen-bond donors (Lipinski definition) is 1. The molecule has 0 aromatic heterocycles. The van der Waals surface area contributed by atoms with E-state index in [0.717, 1.165) is 12.2 Å². The topological polar surface area (TPSA) is 15.3 Å². The summed E-state index contributed by atoms with van der Waals surface area (Å²) in [5.74, 6) is 0. The summed E-state index contributed by atoms with van der Waals surface area (Å²) in [6.07, 6.45) is 6.93. The van der Waals surface area contributed by atoms with E-state index in [2.05, 4.69) is 84.7 Å². The molecule has 0 bridgehead atoms. The molecule has 2 aromatic rings. The number of anilines is 2. The van der Waals surface area contributed by atoms with Crippen LogP contribution in [0.1, 0.15) is 32.3 Å². The van der Waals surface area contributed by atoms with Crippen LogP contribution in [0.25, 0.3) is 5.57 Å². The highest BCUT2D eigenvalue weighted by atomic mass is 32.2. The van der Waals surface area contributed by atoms with E-state index in [9.17, 15) is 0 Å². The number of fused-ring (bicyclic) bond motifs is 1. The normalized spacial score (nSPS) is 15.6. The second-order valence-electron chi connectivity index (χ2n) is 6.10. The Kier molecular flexibility index (Phi) is 5.87. The van der Waals surface area contributed by atoms with Gasteiger partial charge in [0.05, 0.1) is 10.7 Å². The van der Waals surface area contributed by atoms with E-state index in [-0.39, 0.29) is 0 Å². The predicted octanol–water partition coefficient (Wildman–Crippen LogP) is 6.39. The van der Waals surface area contributed by atoms with E-state index in [4.69, 9.17) is 0 Å². The SMILES string of the molecule is C/C=C(/C=C1\Sc2ccccc2N1CCCC)c1ccccc1NC. The molecule has 25 heavy (non-hydrogen) atoms. The molecule has 2 nitrogen and oxygen atoms in total. The largest absolute Gasteiger partial charge is 0.388 e. The summed E-state index contributed by atoms with van der Waals surface area (Å²) in [5.41, 5.74) is 4.99. The first-order valence-corrected chi connectivity index (χ1v) is 9.79. The molecule has 0 spiro atoms. The fourth-order valence-electron chi connectivity index (χ4n) is 3.11. The van der Waals surface area contributed by atoms with Gasteiger partial charge in [0.1, 0.15) is 0 Å². The van der Waals surface area contributed by atoms with Crippen molar-refractivity contribution >= 4 is 28.7 Å². The Morgan fingerprint density at radius 3 is 2.64 bits per heavy atom. The van der Waals surface area contributed by atoms with Gasteiger partial charge in [0.2, 0.25) is 0 Å². The number of hydrogen-bond acceptors (Lipinski definition) is 3. The Morgan fingerprint density at radius 2 is 1.88 bits per heavy atom. The van der Waals surface area contributed by atoms with Crippen LogP contribution in [0, 0.1) is 0 Å². The second-order valence-corrected chi connectivity index (χ2v) is 7.16. The lowest BCUT2D eigenvalue weighted by Crippen LogP contribution is -2.18. The van der Waals surface area contributed by atoms with Gasteiger partial charge in [0.25, 0.3) is 0 Å². The monoisotopic (exact) mass is 350 g/mol. The van der Waals surface area contributed by atoms with Crippen LogP contribution in [0.15, 0.2) is 70.6 Å². The lowest BCUT2D eigenvalue weighted by atomic mass is 10.0. The molecule has 0 fully saturated rings. The third kappa shape index (κ3) is 3.77. The number of unbranched alkanes of at least 4 members (excludes halogenated alkanes) is 1. The van der Waals surface area contributed by atoms with Crippen molar-refractivity contribution in [2.75, 3.05) is 23.8 Å². The number of benzene rings is 2. The zero-order valence-electron chi connectivity index (χ0n) is 15.3. The molecule has 3 rings (SSSR count). The lowest BCUT2D eigenvalue weighted by molar-refractivity contribution is 0.779. The average Bonchev–Trinajstić information content (AvgIpc) is 3.01. The number of thioether (sulfide) groups is 1. The quantitative estimate of drug-likeness (QED) is 0.650. The van der Waals surface area contributed by atoms with Gasteiger partial charge in [-0.2, -0.15) is 0 Å². The summed E-state index contributed by atoms with van der Waals surface area (Å²) in [4.78, 5) is 3.82. The number of nitrogens with zero attached hydrogens (tertiary/aromatic N) is 1. The first-order valence-electron chi connectivity index (χ1n) is 8.98. The molecular formula is C22H26N2S. The van der Waals surface area contributed by atoms with Crippen LogP contribution in [-0.4, -0.2) is 13.6 Å². The minimum Gasteiger partial charge on any atom is -0.388 e. The van der Waals surface area contributed by atoms with E-state index >= 15 is 0 Å². The van der Waals surface area contributed by atoms with Crippen LogP contribution in [-0.2, 0) is 0 Å². The molecule has 0 unspecified atom stereocenters. The Labute approximate surface area is 155 Å². The average molecular weight is 351 g/mol. The maximum Gasteiger partial charge on any atom is 0.0807 e. The summed E-state index contributed by atoms with van der Waals surface area (Å²) in [6.45, 7) is 5.43. The Hall–Kier alpha value is -2.13. The molecule has 0 saturated heterocycles. The minimum atomic E-state index is 1.07. The maximum absolute atomic E-state index is 3.31. The molecule has 1 heterocycles. The zero-order chi connectivity index (χ0) is 17.6. The van der Waals surface area contributed by atoms with Gasteiger partial charge in [0.15, 0.2) is 0 Å². The fourth-order valence-corrected chi connectivity index (χ4v) is 4.25. The summed E-state index contributed by atoms with van der Waals surface area (Å²) < 4.78 is 0. The molecule has 0 amide bonds. The Morgan fingerprint density at radius 1 is 1.12 bits per heavy atom. The highest BCUT2D eigenvalue weighted by Crippen LogP contribution is 2.46. The second kappa shape index (κ2) is 8.30.